The highest BCUT2D eigenvalue weighted by Gasteiger charge is 2.42. The standard InChI is InChI=1S/C43H52N2O2/c1-3-5-7-9-11-19-29-43(30-20-12-10-8-6-4-2)39-31-35(44-41(46)33-21-15-13-16-22-33)25-27-37(39)38-28-26-36(32-40(38)43)45-42(47)34-23-17-14-18-24-34/h13-18,21-28,31-32H,3-12,19-20,29-30H2,1-2H3,(H,44,46)(H,45,47). The average Bonchev–Trinajstić information content (AvgIpc) is 3.36. The van der Waals surface area contributed by atoms with Gasteiger partial charge >= 0.3 is 0 Å². The minimum Gasteiger partial charge on any atom is -0.322 e. The predicted octanol–water partition coefficient (Wildman–Crippen LogP) is 12.0. The summed E-state index contributed by atoms with van der Waals surface area (Å²) in [6, 6.07) is 31.8. The molecule has 2 amide bonds. The molecule has 2 N–H and O–H groups in total. The molecule has 0 bridgehead atoms. The van der Waals surface area contributed by atoms with Gasteiger partial charge in [-0.15, -0.1) is 0 Å². The van der Waals surface area contributed by atoms with E-state index in [4.69, 9.17) is 0 Å². The molecule has 47 heavy (non-hydrogen) atoms. The van der Waals surface area contributed by atoms with Gasteiger partial charge in [0.05, 0.1) is 0 Å². The van der Waals surface area contributed by atoms with E-state index in [0.717, 1.165) is 37.1 Å². The lowest BCUT2D eigenvalue weighted by molar-refractivity contribution is 0.101. The molecule has 4 heteroatoms. The first kappa shape index (κ1) is 34.2. The number of carbonyl (C=O) groups excluding carboxylic acids is 2. The van der Waals surface area contributed by atoms with Crippen LogP contribution in [0.2, 0.25) is 0 Å². The van der Waals surface area contributed by atoms with Crippen molar-refractivity contribution in [2.24, 2.45) is 0 Å². The van der Waals surface area contributed by atoms with E-state index in [0.29, 0.717) is 11.1 Å². The summed E-state index contributed by atoms with van der Waals surface area (Å²) in [6.07, 6.45) is 17.1. The van der Waals surface area contributed by atoms with Crippen molar-refractivity contribution in [3.63, 3.8) is 0 Å². The van der Waals surface area contributed by atoms with E-state index in [-0.39, 0.29) is 17.2 Å². The van der Waals surface area contributed by atoms with Gasteiger partial charge in [-0.3, -0.25) is 9.59 Å². The summed E-state index contributed by atoms with van der Waals surface area (Å²) in [6.45, 7) is 4.54. The third-order valence-corrected chi connectivity index (χ3v) is 9.86. The van der Waals surface area contributed by atoms with E-state index in [2.05, 4.69) is 48.7 Å². The van der Waals surface area contributed by atoms with Crippen molar-refractivity contribution < 1.29 is 9.59 Å². The summed E-state index contributed by atoms with van der Waals surface area (Å²) in [4.78, 5) is 26.4. The number of benzene rings is 4. The van der Waals surface area contributed by atoms with Crippen LogP contribution in [-0.2, 0) is 5.41 Å². The molecule has 4 aromatic carbocycles. The number of fused-ring (bicyclic) bond motifs is 3. The number of rotatable bonds is 18. The van der Waals surface area contributed by atoms with Crippen LogP contribution in [0, 0.1) is 0 Å². The lowest BCUT2D eigenvalue weighted by atomic mass is 9.70. The highest BCUT2D eigenvalue weighted by molar-refractivity contribution is 6.05. The van der Waals surface area contributed by atoms with Crippen LogP contribution in [0.4, 0.5) is 11.4 Å². The molecule has 0 unspecified atom stereocenters. The molecule has 0 heterocycles. The Kier molecular flexibility index (Phi) is 12.4. The van der Waals surface area contributed by atoms with Gasteiger partial charge in [0, 0.05) is 27.9 Å². The van der Waals surface area contributed by atoms with Crippen LogP contribution in [0.25, 0.3) is 11.1 Å². The number of amides is 2. The van der Waals surface area contributed by atoms with E-state index in [1.165, 1.54) is 86.5 Å². The lowest BCUT2D eigenvalue weighted by Gasteiger charge is -2.33. The van der Waals surface area contributed by atoms with E-state index >= 15 is 0 Å². The first-order valence-electron chi connectivity index (χ1n) is 18.1. The van der Waals surface area contributed by atoms with Gasteiger partial charge in [0.2, 0.25) is 0 Å². The van der Waals surface area contributed by atoms with Gasteiger partial charge in [0.15, 0.2) is 0 Å². The molecule has 0 saturated carbocycles. The van der Waals surface area contributed by atoms with E-state index in [9.17, 15) is 9.59 Å². The maximum absolute atomic E-state index is 13.2. The Morgan fingerprint density at radius 2 is 0.872 bits per heavy atom. The second-order valence-electron chi connectivity index (χ2n) is 13.3. The SMILES string of the molecule is CCCCCCCCC1(CCCCCCCC)c2cc(NC(=O)c3ccccc3)ccc2-c2ccc(NC(=O)c3ccccc3)cc21. The fourth-order valence-electron chi connectivity index (χ4n) is 7.31. The van der Waals surface area contributed by atoms with Crippen molar-refractivity contribution >= 4 is 23.2 Å². The summed E-state index contributed by atoms with van der Waals surface area (Å²) in [5, 5.41) is 6.39. The van der Waals surface area contributed by atoms with Crippen molar-refractivity contribution in [3.8, 4) is 11.1 Å². The molecule has 0 atom stereocenters. The van der Waals surface area contributed by atoms with Crippen molar-refractivity contribution in [2.45, 2.75) is 109 Å². The fraction of sp³-hybridized carbons (Fsp3) is 0.395. The first-order valence-corrected chi connectivity index (χ1v) is 18.1. The number of hydrogen-bond donors (Lipinski definition) is 2. The molecule has 246 valence electrons. The Bertz CT molecular complexity index is 1470. The Hall–Kier alpha value is -4.18. The number of carbonyl (C=O) groups is 2. The first-order chi connectivity index (χ1) is 23.1. The summed E-state index contributed by atoms with van der Waals surface area (Å²) >= 11 is 0. The Morgan fingerprint density at radius 3 is 1.28 bits per heavy atom. The number of unbranched alkanes of at least 4 members (excludes halogenated alkanes) is 10. The van der Waals surface area contributed by atoms with Gasteiger partial charge in [0.1, 0.15) is 0 Å². The largest absolute Gasteiger partial charge is 0.322 e. The molecule has 0 fully saturated rings. The smallest absolute Gasteiger partial charge is 0.255 e. The minimum atomic E-state index is -0.179. The molecule has 0 radical (unpaired) electrons. The van der Waals surface area contributed by atoms with Gasteiger partial charge in [-0.05, 0) is 83.6 Å². The van der Waals surface area contributed by atoms with Crippen molar-refractivity contribution in [3.05, 3.63) is 119 Å². The van der Waals surface area contributed by atoms with E-state index in [1.54, 1.807) is 0 Å². The van der Waals surface area contributed by atoms with Gasteiger partial charge in [0.25, 0.3) is 11.8 Å². The summed E-state index contributed by atoms with van der Waals surface area (Å²) in [5.41, 5.74) is 7.91. The molecule has 0 aromatic heterocycles. The van der Waals surface area contributed by atoms with E-state index in [1.807, 2.05) is 72.8 Å². The van der Waals surface area contributed by atoms with Gasteiger partial charge in [-0.1, -0.05) is 139 Å². The average molecular weight is 629 g/mol. The monoisotopic (exact) mass is 628 g/mol. The molecule has 1 aliphatic rings. The lowest BCUT2D eigenvalue weighted by Crippen LogP contribution is -2.26. The molecular weight excluding hydrogens is 576 g/mol. The van der Waals surface area contributed by atoms with Crippen molar-refractivity contribution in [2.75, 3.05) is 10.6 Å². The highest BCUT2D eigenvalue weighted by atomic mass is 16.2. The Balaban J connectivity index is 1.50. The van der Waals surface area contributed by atoms with Crippen molar-refractivity contribution in [1.82, 2.24) is 0 Å². The van der Waals surface area contributed by atoms with Crippen LogP contribution in [0.3, 0.4) is 0 Å². The van der Waals surface area contributed by atoms with E-state index < -0.39 is 0 Å². The molecular formula is C43H52N2O2. The molecule has 4 aromatic rings. The zero-order valence-electron chi connectivity index (χ0n) is 28.5. The zero-order chi connectivity index (χ0) is 32.9. The van der Waals surface area contributed by atoms with Crippen LogP contribution in [0.5, 0.6) is 0 Å². The topological polar surface area (TPSA) is 58.2 Å². The molecule has 4 nitrogen and oxygen atoms in total. The van der Waals surface area contributed by atoms with Crippen LogP contribution in [-0.4, -0.2) is 11.8 Å². The maximum atomic E-state index is 13.2. The van der Waals surface area contributed by atoms with Gasteiger partial charge in [-0.25, -0.2) is 0 Å². The minimum absolute atomic E-state index is 0.0931. The van der Waals surface area contributed by atoms with Gasteiger partial charge < -0.3 is 10.6 Å². The molecule has 1 aliphatic carbocycles. The van der Waals surface area contributed by atoms with Crippen molar-refractivity contribution in [1.29, 1.82) is 0 Å². The highest BCUT2D eigenvalue weighted by Crippen LogP contribution is 2.55. The van der Waals surface area contributed by atoms with Gasteiger partial charge in [-0.2, -0.15) is 0 Å². The van der Waals surface area contributed by atoms with Crippen LogP contribution < -0.4 is 10.6 Å². The number of anilines is 2. The molecule has 0 aliphatic heterocycles. The third-order valence-electron chi connectivity index (χ3n) is 9.86. The van der Waals surface area contributed by atoms with Crippen LogP contribution in [0.15, 0.2) is 97.1 Å². The normalized spacial score (nSPS) is 12.7. The summed E-state index contributed by atoms with van der Waals surface area (Å²) < 4.78 is 0. The fourth-order valence-corrected chi connectivity index (χ4v) is 7.31. The Labute approximate surface area is 282 Å². The number of hydrogen-bond acceptors (Lipinski definition) is 2. The Morgan fingerprint density at radius 1 is 0.489 bits per heavy atom. The molecule has 0 saturated heterocycles. The molecule has 0 spiro atoms. The predicted molar refractivity (Wildman–Crippen MR) is 197 cm³/mol. The molecule has 5 rings (SSSR count). The quantitative estimate of drug-likeness (QED) is 0.108. The second kappa shape index (κ2) is 17.1. The number of nitrogens with one attached hydrogen (secondary N) is 2. The second-order valence-corrected chi connectivity index (χ2v) is 13.3. The van der Waals surface area contributed by atoms with Crippen LogP contribution in [0.1, 0.15) is 136 Å². The summed E-state index contributed by atoms with van der Waals surface area (Å²) in [5.74, 6) is -0.186. The summed E-state index contributed by atoms with van der Waals surface area (Å²) in [7, 11) is 0. The third kappa shape index (κ3) is 8.60. The van der Waals surface area contributed by atoms with Crippen LogP contribution >= 0.6 is 0 Å². The zero-order valence-corrected chi connectivity index (χ0v) is 28.5. The maximum Gasteiger partial charge on any atom is 0.255 e.